The van der Waals surface area contributed by atoms with Crippen molar-refractivity contribution in [2.75, 3.05) is 19.6 Å². The highest BCUT2D eigenvalue weighted by Gasteiger charge is 2.16. The van der Waals surface area contributed by atoms with Crippen LogP contribution in [0.5, 0.6) is 0 Å². The highest BCUT2D eigenvalue weighted by atomic mass is 32.1. The smallest absolute Gasteiger partial charge is 0.177 e. The first-order valence-corrected chi connectivity index (χ1v) is 8.21. The molecule has 2 heterocycles. The molecule has 1 aliphatic rings. The van der Waals surface area contributed by atoms with E-state index >= 15 is 0 Å². The van der Waals surface area contributed by atoms with E-state index in [1.165, 1.54) is 43.7 Å². The molecule has 1 N–H and O–H groups in total. The van der Waals surface area contributed by atoms with Crippen LogP contribution in [0.15, 0.2) is 36.5 Å². The van der Waals surface area contributed by atoms with Gasteiger partial charge in [0.1, 0.15) is 0 Å². The van der Waals surface area contributed by atoms with E-state index in [-0.39, 0.29) is 0 Å². The Balaban J connectivity index is 1.76. The van der Waals surface area contributed by atoms with Gasteiger partial charge in [0.05, 0.1) is 5.69 Å². The number of hydrogen-bond acceptors (Lipinski definition) is 2. The maximum Gasteiger partial charge on any atom is 0.177 e. The number of hydrogen-bond donors (Lipinski definition) is 1. The number of likely N-dealkylation sites (tertiary alicyclic amines) is 1. The van der Waals surface area contributed by atoms with Gasteiger partial charge in [0.25, 0.3) is 0 Å². The highest BCUT2D eigenvalue weighted by molar-refractivity contribution is 7.71. The average Bonchev–Trinajstić information content (AvgIpc) is 3.11. The zero-order valence-corrected chi connectivity index (χ0v) is 13.4. The second-order valence-corrected chi connectivity index (χ2v) is 6.46. The molecule has 1 aromatic carbocycles. The van der Waals surface area contributed by atoms with Crippen LogP contribution in [-0.4, -0.2) is 34.1 Å². The van der Waals surface area contributed by atoms with E-state index in [0.717, 1.165) is 11.3 Å². The van der Waals surface area contributed by atoms with Gasteiger partial charge in [-0.2, -0.15) is 0 Å². The lowest BCUT2D eigenvalue weighted by Crippen LogP contribution is -2.27. The van der Waals surface area contributed by atoms with Gasteiger partial charge in [0.15, 0.2) is 4.77 Å². The van der Waals surface area contributed by atoms with Crippen molar-refractivity contribution in [3.8, 4) is 11.3 Å². The first-order chi connectivity index (χ1) is 10.2. The van der Waals surface area contributed by atoms with Gasteiger partial charge in [-0.05, 0) is 49.6 Å². The van der Waals surface area contributed by atoms with E-state index in [9.17, 15) is 0 Å². The zero-order chi connectivity index (χ0) is 14.7. The Bertz CT molecular complexity index is 623. The molecule has 1 fully saturated rings. The molecule has 0 aliphatic carbocycles. The zero-order valence-electron chi connectivity index (χ0n) is 12.6. The van der Waals surface area contributed by atoms with Gasteiger partial charge in [0, 0.05) is 19.3 Å². The third-order valence-corrected chi connectivity index (χ3v) is 4.54. The van der Waals surface area contributed by atoms with Gasteiger partial charge >= 0.3 is 0 Å². The lowest BCUT2D eigenvalue weighted by Gasteiger charge is -2.21. The predicted octanol–water partition coefficient (Wildman–Crippen LogP) is 3.94. The van der Waals surface area contributed by atoms with Crippen LogP contribution < -0.4 is 0 Å². The van der Waals surface area contributed by atoms with Crippen LogP contribution in [0.1, 0.15) is 19.8 Å². The Morgan fingerprint density at radius 1 is 1.14 bits per heavy atom. The summed E-state index contributed by atoms with van der Waals surface area (Å²) in [7, 11) is 0. The molecule has 0 radical (unpaired) electrons. The minimum absolute atomic E-state index is 0.605. The summed E-state index contributed by atoms with van der Waals surface area (Å²) in [6.07, 6.45) is 4.73. The normalized spacial score (nSPS) is 17.2. The summed E-state index contributed by atoms with van der Waals surface area (Å²) in [5, 5.41) is 0. The molecule has 112 valence electrons. The number of benzene rings is 1. The first kappa shape index (κ1) is 14.5. The molecule has 1 unspecified atom stereocenters. The van der Waals surface area contributed by atoms with Gasteiger partial charge in [0.2, 0.25) is 0 Å². The van der Waals surface area contributed by atoms with Crippen molar-refractivity contribution < 1.29 is 0 Å². The lowest BCUT2D eigenvalue weighted by atomic mass is 10.1. The third-order valence-electron chi connectivity index (χ3n) is 4.20. The summed E-state index contributed by atoms with van der Waals surface area (Å²) in [5.74, 6) is 0.605. The molecule has 21 heavy (non-hydrogen) atoms. The van der Waals surface area contributed by atoms with Crippen LogP contribution in [0.25, 0.3) is 11.3 Å². The Labute approximate surface area is 131 Å². The fraction of sp³-hybridized carbons (Fsp3) is 0.471. The summed E-state index contributed by atoms with van der Waals surface area (Å²) in [6.45, 7) is 6.98. The second kappa shape index (κ2) is 6.58. The Kier molecular flexibility index (Phi) is 4.56. The molecule has 0 bridgehead atoms. The Morgan fingerprint density at radius 3 is 2.57 bits per heavy atom. The number of rotatable bonds is 5. The maximum absolute atomic E-state index is 5.47. The summed E-state index contributed by atoms with van der Waals surface area (Å²) < 4.78 is 3.06. The number of imidazole rings is 1. The van der Waals surface area contributed by atoms with Crippen LogP contribution in [0.2, 0.25) is 0 Å². The summed E-state index contributed by atoms with van der Waals surface area (Å²) in [5.41, 5.74) is 2.41. The number of nitrogens with zero attached hydrogens (tertiary/aromatic N) is 2. The Hall–Kier alpha value is -1.39. The van der Waals surface area contributed by atoms with Gasteiger partial charge in [-0.25, -0.2) is 0 Å². The maximum atomic E-state index is 5.47. The van der Waals surface area contributed by atoms with Crippen LogP contribution in [0.4, 0.5) is 0 Å². The van der Waals surface area contributed by atoms with Crippen LogP contribution in [0, 0.1) is 10.7 Å². The number of aromatic amines is 1. The monoisotopic (exact) mass is 301 g/mol. The standard InChI is InChI=1S/C17H23N3S/c1-14(12-19-9-5-6-10-19)13-20-16(11-18-17(20)21)15-7-3-2-4-8-15/h2-4,7-8,11,14H,5-6,9-10,12-13H2,1H3,(H,18,21). The molecule has 3 rings (SSSR count). The molecule has 1 aromatic heterocycles. The third kappa shape index (κ3) is 3.44. The molecule has 1 aliphatic heterocycles. The van der Waals surface area contributed by atoms with Gasteiger partial charge in [-0.1, -0.05) is 37.3 Å². The summed E-state index contributed by atoms with van der Waals surface area (Å²) in [4.78, 5) is 5.77. The second-order valence-electron chi connectivity index (χ2n) is 6.07. The van der Waals surface area contributed by atoms with Crippen molar-refractivity contribution in [3.63, 3.8) is 0 Å². The largest absolute Gasteiger partial charge is 0.337 e. The van der Waals surface area contributed by atoms with E-state index in [4.69, 9.17) is 12.2 Å². The fourth-order valence-corrected chi connectivity index (χ4v) is 3.43. The Morgan fingerprint density at radius 2 is 1.86 bits per heavy atom. The van der Waals surface area contributed by atoms with E-state index < -0.39 is 0 Å². The summed E-state index contributed by atoms with van der Waals surface area (Å²) in [6, 6.07) is 10.5. The molecule has 4 heteroatoms. The topological polar surface area (TPSA) is 24.0 Å². The van der Waals surface area contributed by atoms with Crippen LogP contribution >= 0.6 is 12.2 Å². The van der Waals surface area contributed by atoms with Gasteiger partial charge in [-0.3, -0.25) is 0 Å². The molecule has 0 saturated carbocycles. The van der Waals surface area contributed by atoms with E-state index in [1.807, 2.05) is 12.3 Å². The molecule has 3 nitrogen and oxygen atoms in total. The first-order valence-electron chi connectivity index (χ1n) is 7.80. The van der Waals surface area contributed by atoms with Crippen LogP contribution in [0.3, 0.4) is 0 Å². The van der Waals surface area contributed by atoms with Crippen LogP contribution in [-0.2, 0) is 6.54 Å². The van der Waals surface area contributed by atoms with Gasteiger partial charge < -0.3 is 14.5 Å². The number of H-pyrrole nitrogens is 1. The minimum Gasteiger partial charge on any atom is -0.337 e. The van der Waals surface area contributed by atoms with Gasteiger partial charge in [-0.15, -0.1) is 0 Å². The van der Waals surface area contributed by atoms with Crippen molar-refractivity contribution in [1.29, 1.82) is 0 Å². The number of aromatic nitrogens is 2. The molecular weight excluding hydrogens is 278 g/mol. The van der Waals surface area contributed by atoms with Crippen molar-refractivity contribution >= 4 is 12.2 Å². The van der Waals surface area contributed by atoms with Crippen molar-refractivity contribution in [1.82, 2.24) is 14.5 Å². The van der Waals surface area contributed by atoms with Crippen molar-refractivity contribution in [2.45, 2.75) is 26.3 Å². The number of nitrogens with one attached hydrogen (secondary N) is 1. The SMILES string of the molecule is CC(CN1CCCC1)Cn1c(-c2ccccc2)c[nH]c1=S. The molecule has 0 spiro atoms. The molecular formula is C17H23N3S. The fourth-order valence-electron chi connectivity index (χ4n) is 3.20. The average molecular weight is 301 g/mol. The van der Waals surface area contributed by atoms with E-state index in [0.29, 0.717) is 5.92 Å². The molecule has 1 atom stereocenters. The van der Waals surface area contributed by atoms with Crippen molar-refractivity contribution in [3.05, 3.63) is 41.3 Å². The summed E-state index contributed by atoms with van der Waals surface area (Å²) >= 11 is 5.47. The van der Waals surface area contributed by atoms with Crippen molar-refractivity contribution in [2.24, 2.45) is 5.92 Å². The molecule has 0 amide bonds. The van der Waals surface area contributed by atoms with E-state index in [1.54, 1.807) is 0 Å². The predicted molar refractivity (Wildman–Crippen MR) is 89.9 cm³/mol. The minimum atomic E-state index is 0.605. The highest BCUT2D eigenvalue weighted by Crippen LogP contribution is 2.21. The quantitative estimate of drug-likeness (QED) is 0.846. The molecule has 2 aromatic rings. The molecule has 1 saturated heterocycles. The lowest BCUT2D eigenvalue weighted by molar-refractivity contribution is 0.271. The van der Waals surface area contributed by atoms with E-state index in [2.05, 4.69) is 45.6 Å².